The number of aromatic carboxylic acids is 1. The molecule has 3 rings (SSSR count). The first-order valence-electron chi connectivity index (χ1n) is 8.38. The molecule has 0 aliphatic heterocycles. The molecule has 0 saturated heterocycles. The van der Waals surface area contributed by atoms with Crippen LogP contribution in [0.2, 0.25) is 0 Å². The Hall–Kier alpha value is -3.27. The molecule has 26 heavy (non-hydrogen) atoms. The summed E-state index contributed by atoms with van der Waals surface area (Å²) in [5.41, 5.74) is 3.80. The van der Waals surface area contributed by atoms with Crippen molar-refractivity contribution in [3.8, 4) is 22.6 Å². The van der Waals surface area contributed by atoms with Crippen molar-refractivity contribution in [2.24, 2.45) is 0 Å². The van der Waals surface area contributed by atoms with Crippen molar-refractivity contribution in [3.05, 3.63) is 83.9 Å². The summed E-state index contributed by atoms with van der Waals surface area (Å²) in [5.74, 6) is 0.452. The van der Waals surface area contributed by atoms with Gasteiger partial charge in [0.05, 0.1) is 5.56 Å². The molecule has 0 amide bonds. The van der Waals surface area contributed by atoms with Crippen LogP contribution in [-0.4, -0.2) is 24.3 Å². The van der Waals surface area contributed by atoms with Gasteiger partial charge < -0.3 is 14.6 Å². The molecule has 1 N–H and O–H groups in total. The molecule has 4 nitrogen and oxygen atoms in total. The fraction of sp³-hybridized carbons (Fsp3) is 0.136. The Morgan fingerprint density at radius 3 is 1.62 bits per heavy atom. The molecule has 3 aromatic carbocycles. The maximum atomic E-state index is 10.8. The topological polar surface area (TPSA) is 55.8 Å². The molecule has 4 heteroatoms. The first-order chi connectivity index (χ1) is 12.6. The van der Waals surface area contributed by atoms with Gasteiger partial charge >= 0.3 is 5.97 Å². The van der Waals surface area contributed by atoms with Crippen molar-refractivity contribution in [1.82, 2.24) is 0 Å². The number of rotatable bonds is 7. The SMILES string of the molecule is Cc1ccc(-c2ccc(OCCOc3ccc(C(=O)O)cc3)cc2)cc1. The van der Waals surface area contributed by atoms with E-state index in [4.69, 9.17) is 14.6 Å². The quantitative estimate of drug-likeness (QED) is 0.622. The molecular weight excluding hydrogens is 328 g/mol. The lowest BCUT2D eigenvalue weighted by Gasteiger charge is -2.09. The summed E-state index contributed by atoms with van der Waals surface area (Å²) in [6, 6.07) is 22.7. The van der Waals surface area contributed by atoms with Gasteiger partial charge in [-0.3, -0.25) is 0 Å². The zero-order valence-electron chi connectivity index (χ0n) is 14.5. The third-order valence-electron chi connectivity index (χ3n) is 3.96. The number of ether oxygens (including phenoxy) is 2. The van der Waals surface area contributed by atoms with E-state index in [0.717, 1.165) is 11.3 Å². The Kier molecular flexibility index (Phi) is 5.54. The second-order valence-electron chi connectivity index (χ2n) is 5.92. The summed E-state index contributed by atoms with van der Waals surface area (Å²) in [5, 5.41) is 8.86. The van der Waals surface area contributed by atoms with E-state index in [0.29, 0.717) is 19.0 Å². The smallest absolute Gasteiger partial charge is 0.335 e. The van der Waals surface area contributed by atoms with Gasteiger partial charge in [0.25, 0.3) is 0 Å². The minimum atomic E-state index is -0.950. The lowest BCUT2D eigenvalue weighted by atomic mass is 10.0. The third kappa shape index (κ3) is 4.63. The molecule has 0 aliphatic carbocycles. The van der Waals surface area contributed by atoms with Crippen molar-refractivity contribution in [3.63, 3.8) is 0 Å². The van der Waals surface area contributed by atoms with E-state index in [1.165, 1.54) is 23.3 Å². The van der Waals surface area contributed by atoms with Crippen LogP contribution in [0.15, 0.2) is 72.8 Å². The van der Waals surface area contributed by atoms with Gasteiger partial charge in [0, 0.05) is 0 Å². The number of hydrogen-bond acceptors (Lipinski definition) is 3. The maximum Gasteiger partial charge on any atom is 0.335 e. The molecule has 0 atom stereocenters. The van der Waals surface area contributed by atoms with Crippen molar-refractivity contribution in [1.29, 1.82) is 0 Å². The number of carbonyl (C=O) groups is 1. The van der Waals surface area contributed by atoms with Gasteiger partial charge in [-0.05, 0) is 54.4 Å². The average Bonchev–Trinajstić information content (AvgIpc) is 2.67. The molecule has 0 unspecified atom stereocenters. The number of hydrogen-bond donors (Lipinski definition) is 1. The molecule has 132 valence electrons. The second kappa shape index (κ2) is 8.21. The van der Waals surface area contributed by atoms with E-state index in [1.807, 2.05) is 24.3 Å². The van der Waals surface area contributed by atoms with Crippen LogP contribution in [0.5, 0.6) is 11.5 Å². The van der Waals surface area contributed by atoms with Gasteiger partial charge in [-0.15, -0.1) is 0 Å². The third-order valence-corrected chi connectivity index (χ3v) is 3.96. The fourth-order valence-corrected chi connectivity index (χ4v) is 2.50. The van der Waals surface area contributed by atoms with Gasteiger partial charge in [0.15, 0.2) is 0 Å². The summed E-state index contributed by atoms with van der Waals surface area (Å²) < 4.78 is 11.2. The van der Waals surface area contributed by atoms with Gasteiger partial charge in [0.1, 0.15) is 24.7 Å². The highest BCUT2D eigenvalue weighted by Crippen LogP contribution is 2.22. The normalized spacial score (nSPS) is 10.3. The average molecular weight is 348 g/mol. The lowest BCUT2D eigenvalue weighted by Crippen LogP contribution is -2.09. The van der Waals surface area contributed by atoms with Crippen molar-refractivity contribution in [2.45, 2.75) is 6.92 Å². The highest BCUT2D eigenvalue weighted by molar-refractivity contribution is 5.87. The predicted octanol–water partition coefficient (Wildman–Crippen LogP) is 4.82. The molecule has 0 fully saturated rings. The first kappa shape index (κ1) is 17.5. The molecule has 3 aromatic rings. The summed E-state index contributed by atoms with van der Waals surface area (Å²) in [4.78, 5) is 10.8. The Morgan fingerprint density at radius 2 is 1.15 bits per heavy atom. The Labute approximate surface area is 152 Å². The van der Waals surface area contributed by atoms with Crippen LogP contribution in [0.25, 0.3) is 11.1 Å². The van der Waals surface area contributed by atoms with E-state index < -0.39 is 5.97 Å². The number of carboxylic acid groups (broad SMARTS) is 1. The van der Waals surface area contributed by atoms with Crippen molar-refractivity contribution < 1.29 is 19.4 Å². The second-order valence-corrected chi connectivity index (χ2v) is 5.92. The first-order valence-corrected chi connectivity index (χ1v) is 8.38. The minimum Gasteiger partial charge on any atom is -0.490 e. The molecule has 0 aliphatic rings. The van der Waals surface area contributed by atoms with Gasteiger partial charge in [0.2, 0.25) is 0 Å². The molecule has 0 radical (unpaired) electrons. The molecule has 0 spiro atoms. The van der Waals surface area contributed by atoms with E-state index in [-0.39, 0.29) is 5.56 Å². The van der Waals surface area contributed by atoms with Crippen molar-refractivity contribution >= 4 is 5.97 Å². The fourth-order valence-electron chi connectivity index (χ4n) is 2.50. The zero-order valence-corrected chi connectivity index (χ0v) is 14.5. The predicted molar refractivity (Wildman–Crippen MR) is 101 cm³/mol. The summed E-state index contributed by atoms with van der Waals surface area (Å²) in [7, 11) is 0. The largest absolute Gasteiger partial charge is 0.490 e. The summed E-state index contributed by atoms with van der Waals surface area (Å²) >= 11 is 0. The summed E-state index contributed by atoms with van der Waals surface area (Å²) in [6.45, 7) is 2.86. The minimum absolute atomic E-state index is 0.238. The van der Waals surface area contributed by atoms with E-state index >= 15 is 0 Å². The lowest BCUT2D eigenvalue weighted by molar-refractivity contribution is 0.0697. The Bertz CT molecular complexity index is 850. The Morgan fingerprint density at radius 1 is 0.731 bits per heavy atom. The van der Waals surface area contributed by atoms with Crippen LogP contribution in [0.1, 0.15) is 15.9 Å². The standard InChI is InChI=1S/C22H20O4/c1-16-2-4-17(5-3-16)18-6-10-20(11-7-18)25-14-15-26-21-12-8-19(9-13-21)22(23)24/h2-13H,14-15H2,1H3,(H,23,24). The maximum absolute atomic E-state index is 10.8. The highest BCUT2D eigenvalue weighted by Gasteiger charge is 2.02. The molecule has 0 saturated carbocycles. The number of benzene rings is 3. The monoisotopic (exact) mass is 348 g/mol. The van der Waals surface area contributed by atoms with Gasteiger partial charge in [-0.2, -0.15) is 0 Å². The van der Waals surface area contributed by atoms with Crippen LogP contribution in [-0.2, 0) is 0 Å². The molecule has 0 aromatic heterocycles. The molecule has 0 bridgehead atoms. The van der Waals surface area contributed by atoms with Crippen LogP contribution < -0.4 is 9.47 Å². The molecular formula is C22H20O4. The number of aryl methyl sites for hydroxylation is 1. The Balaban J connectivity index is 1.47. The zero-order chi connectivity index (χ0) is 18.4. The van der Waals surface area contributed by atoms with Gasteiger partial charge in [-0.25, -0.2) is 4.79 Å². The van der Waals surface area contributed by atoms with E-state index in [9.17, 15) is 4.79 Å². The van der Waals surface area contributed by atoms with E-state index in [1.54, 1.807) is 12.1 Å². The van der Waals surface area contributed by atoms with Crippen molar-refractivity contribution in [2.75, 3.05) is 13.2 Å². The van der Waals surface area contributed by atoms with Crippen LogP contribution in [0.3, 0.4) is 0 Å². The highest BCUT2D eigenvalue weighted by atomic mass is 16.5. The van der Waals surface area contributed by atoms with E-state index in [2.05, 4.69) is 31.2 Å². The van der Waals surface area contributed by atoms with Crippen LogP contribution >= 0.6 is 0 Å². The molecule has 0 heterocycles. The van der Waals surface area contributed by atoms with Gasteiger partial charge in [-0.1, -0.05) is 42.0 Å². The van der Waals surface area contributed by atoms with Crippen LogP contribution in [0, 0.1) is 6.92 Å². The summed E-state index contributed by atoms with van der Waals surface area (Å²) in [6.07, 6.45) is 0. The number of carboxylic acids is 1. The van der Waals surface area contributed by atoms with Crippen LogP contribution in [0.4, 0.5) is 0 Å².